The van der Waals surface area contributed by atoms with Gasteiger partial charge in [0, 0.05) is 16.5 Å². The molecule has 1 atom stereocenters. The number of benzene rings is 7. The van der Waals surface area contributed by atoms with Gasteiger partial charge < -0.3 is 14.0 Å². The standard InChI is InChI=1S/C47H43NO2S2/c1-5-52(4,42-26-16-24-39(32-42)50-37-21-13-8-14-22-37)43-28-30-47-45(34-43)44-33-41(27-29-46(44)48(47)35-17-9-6-10-18-35)51(2,3)40-25-15-23-38(31-40)49-36-19-11-7-12-20-36/h6-34H,5H2,1-4H3. The molecule has 1 aromatic heterocycles. The maximum atomic E-state index is 6.30. The monoisotopic (exact) mass is 717 g/mol. The molecule has 8 aromatic rings. The van der Waals surface area contributed by atoms with E-state index in [1.54, 1.807) is 0 Å². The average Bonchev–Trinajstić information content (AvgIpc) is 3.52. The molecule has 1 unspecified atom stereocenters. The fourth-order valence-corrected chi connectivity index (χ4v) is 11.3. The van der Waals surface area contributed by atoms with Crippen molar-refractivity contribution in [2.75, 3.05) is 24.5 Å². The maximum Gasteiger partial charge on any atom is 0.128 e. The molecular formula is C47H43NO2S2. The number of rotatable bonds is 10. The molecule has 260 valence electrons. The van der Waals surface area contributed by atoms with Gasteiger partial charge in [-0.05, 0) is 153 Å². The summed E-state index contributed by atoms with van der Waals surface area (Å²) in [5, 5.41) is 2.55. The van der Waals surface area contributed by atoms with Gasteiger partial charge in [0.15, 0.2) is 0 Å². The van der Waals surface area contributed by atoms with Crippen molar-refractivity contribution >= 4 is 41.9 Å². The van der Waals surface area contributed by atoms with Gasteiger partial charge in [-0.15, -0.1) is 0 Å². The van der Waals surface area contributed by atoms with Crippen molar-refractivity contribution in [1.29, 1.82) is 0 Å². The first-order valence-corrected chi connectivity index (χ1v) is 22.3. The van der Waals surface area contributed by atoms with Crippen LogP contribution >= 0.6 is 20.1 Å². The fourth-order valence-electron chi connectivity index (χ4n) is 6.96. The number of ether oxygens (including phenoxy) is 2. The number of hydrogen-bond donors (Lipinski definition) is 0. The van der Waals surface area contributed by atoms with E-state index >= 15 is 0 Å². The average molecular weight is 718 g/mol. The molecule has 0 saturated heterocycles. The SMILES string of the molecule is CCS(C)(c1cccc(Oc2ccccc2)c1)c1ccc2c(c1)c1cc(S(C)(C)c3cccc(Oc4ccccc4)c3)ccc1n2-c1ccccc1. The second-order valence-electron chi connectivity index (χ2n) is 13.5. The lowest BCUT2D eigenvalue weighted by Gasteiger charge is -2.36. The first-order chi connectivity index (χ1) is 25.3. The Morgan fingerprint density at radius 3 is 1.40 bits per heavy atom. The molecule has 0 amide bonds. The zero-order chi connectivity index (χ0) is 35.7. The molecule has 0 saturated carbocycles. The lowest BCUT2D eigenvalue weighted by atomic mass is 10.1. The smallest absolute Gasteiger partial charge is 0.128 e. The molecular weight excluding hydrogens is 675 g/mol. The summed E-state index contributed by atoms with van der Waals surface area (Å²) < 4.78 is 15.0. The number of nitrogens with zero attached hydrogens (tertiary/aromatic N) is 1. The van der Waals surface area contributed by atoms with Crippen molar-refractivity contribution in [2.45, 2.75) is 26.5 Å². The Bertz CT molecular complexity index is 2490. The Morgan fingerprint density at radius 2 is 0.846 bits per heavy atom. The third kappa shape index (κ3) is 6.36. The lowest BCUT2D eigenvalue weighted by molar-refractivity contribution is 0.481. The number of fused-ring (bicyclic) bond motifs is 3. The Labute approximate surface area is 310 Å². The van der Waals surface area contributed by atoms with Gasteiger partial charge in [0.25, 0.3) is 0 Å². The highest BCUT2D eigenvalue weighted by molar-refractivity contribution is 8.33. The molecule has 7 aromatic carbocycles. The minimum absolute atomic E-state index is 0.843. The predicted octanol–water partition coefficient (Wildman–Crippen LogP) is 13.7. The van der Waals surface area contributed by atoms with E-state index in [0.717, 1.165) is 34.4 Å². The summed E-state index contributed by atoms with van der Waals surface area (Å²) in [5.74, 6) is 4.44. The Kier molecular flexibility index (Phi) is 9.08. The van der Waals surface area contributed by atoms with E-state index in [1.807, 2.05) is 66.7 Å². The van der Waals surface area contributed by atoms with Gasteiger partial charge in [-0.2, -0.15) is 20.1 Å². The quantitative estimate of drug-likeness (QED) is 0.141. The normalized spacial score (nSPS) is 13.8. The molecule has 8 rings (SSSR count). The molecule has 1 heterocycles. The largest absolute Gasteiger partial charge is 0.457 e. The van der Waals surface area contributed by atoms with E-state index in [0.29, 0.717) is 0 Å². The predicted molar refractivity (Wildman–Crippen MR) is 223 cm³/mol. The molecule has 0 N–H and O–H groups in total. The van der Waals surface area contributed by atoms with Gasteiger partial charge >= 0.3 is 0 Å². The molecule has 5 heteroatoms. The molecule has 3 nitrogen and oxygen atoms in total. The molecule has 0 aliphatic heterocycles. The molecule has 0 fully saturated rings. The second kappa shape index (κ2) is 14.0. The zero-order valence-electron chi connectivity index (χ0n) is 30.0. The van der Waals surface area contributed by atoms with Gasteiger partial charge in [0.2, 0.25) is 0 Å². The van der Waals surface area contributed by atoms with Gasteiger partial charge in [0.1, 0.15) is 23.0 Å². The van der Waals surface area contributed by atoms with Gasteiger partial charge in [0.05, 0.1) is 11.0 Å². The van der Waals surface area contributed by atoms with Crippen molar-refractivity contribution in [3.63, 3.8) is 0 Å². The van der Waals surface area contributed by atoms with Crippen molar-refractivity contribution in [3.05, 3.63) is 176 Å². The summed E-state index contributed by atoms with van der Waals surface area (Å²) in [4.78, 5) is 5.31. The van der Waals surface area contributed by atoms with Gasteiger partial charge in [-0.1, -0.05) is 73.7 Å². The van der Waals surface area contributed by atoms with Crippen LogP contribution in [-0.2, 0) is 0 Å². The summed E-state index contributed by atoms with van der Waals surface area (Å²) in [7, 11) is -2.76. The van der Waals surface area contributed by atoms with Crippen LogP contribution in [0.4, 0.5) is 0 Å². The van der Waals surface area contributed by atoms with Crippen molar-refractivity contribution in [1.82, 2.24) is 4.57 Å². The fraction of sp³-hybridized carbons (Fsp3) is 0.106. The summed E-state index contributed by atoms with van der Waals surface area (Å²) >= 11 is 0. The van der Waals surface area contributed by atoms with Gasteiger partial charge in [-0.25, -0.2) is 0 Å². The summed E-state index contributed by atoms with van der Waals surface area (Å²) in [6, 6.07) is 62.4. The first kappa shape index (κ1) is 33.8. The highest BCUT2D eigenvalue weighted by Crippen LogP contribution is 2.61. The highest BCUT2D eigenvalue weighted by Gasteiger charge is 2.25. The van der Waals surface area contributed by atoms with Crippen LogP contribution in [0.3, 0.4) is 0 Å². The van der Waals surface area contributed by atoms with E-state index in [-0.39, 0.29) is 0 Å². The summed E-state index contributed by atoms with van der Waals surface area (Å²) in [6.07, 6.45) is 7.22. The topological polar surface area (TPSA) is 23.4 Å². The Hall–Kier alpha value is -5.36. The van der Waals surface area contributed by atoms with Crippen molar-refractivity contribution in [3.8, 4) is 28.7 Å². The molecule has 0 bridgehead atoms. The van der Waals surface area contributed by atoms with Crippen LogP contribution in [0.15, 0.2) is 196 Å². The summed E-state index contributed by atoms with van der Waals surface area (Å²) in [5.41, 5.74) is 3.59. The van der Waals surface area contributed by atoms with E-state index in [4.69, 9.17) is 9.47 Å². The Balaban J connectivity index is 1.24. The molecule has 0 spiro atoms. The molecule has 0 radical (unpaired) electrons. The lowest BCUT2D eigenvalue weighted by Crippen LogP contribution is -2.03. The van der Waals surface area contributed by atoms with Crippen LogP contribution in [-0.4, -0.2) is 29.1 Å². The molecule has 52 heavy (non-hydrogen) atoms. The number of aromatic nitrogens is 1. The third-order valence-electron chi connectivity index (χ3n) is 10.1. The van der Waals surface area contributed by atoms with Crippen molar-refractivity contribution < 1.29 is 9.47 Å². The van der Waals surface area contributed by atoms with Crippen LogP contribution in [0.2, 0.25) is 0 Å². The van der Waals surface area contributed by atoms with Crippen LogP contribution < -0.4 is 9.47 Å². The Morgan fingerprint density at radius 1 is 0.423 bits per heavy atom. The van der Waals surface area contributed by atoms with E-state index in [9.17, 15) is 0 Å². The second-order valence-corrected chi connectivity index (χ2v) is 20.8. The van der Waals surface area contributed by atoms with Crippen LogP contribution in [0.1, 0.15) is 6.92 Å². The number of para-hydroxylation sites is 3. The van der Waals surface area contributed by atoms with Crippen molar-refractivity contribution in [2.24, 2.45) is 0 Å². The van der Waals surface area contributed by atoms with Crippen LogP contribution in [0.5, 0.6) is 23.0 Å². The third-order valence-corrected chi connectivity index (χ3v) is 16.7. The highest BCUT2D eigenvalue weighted by atomic mass is 32.3. The van der Waals surface area contributed by atoms with Gasteiger partial charge in [-0.3, -0.25) is 0 Å². The van der Waals surface area contributed by atoms with E-state index in [2.05, 4.69) is 139 Å². The minimum Gasteiger partial charge on any atom is -0.457 e. The number of hydrogen-bond acceptors (Lipinski definition) is 2. The van der Waals surface area contributed by atoms with E-state index < -0.39 is 20.1 Å². The van der Waals surface area contributed by atoms with Crippen LogP contribution in [0, 0.1) is 0 Å². The maximum absolute atomic E-state index is 6.30. The molecule has 0 aliphatic rings. The minimum atomic E-state index is -1.38. The van der Waals surface area contributed by atoms with E-state index in [1.165, 1.54) is 41.4 Å². The zero-order valence-corrected chi connectivity index (χ0v) is 31.7. The first-order valence-electron chi connectivity index (χ1n) is 17.6. The van der Waals surface area contributed by atoms with Crippen LogP contribution in [0.25, 0.3) is 27.5 Å². The molecule has 0 aliphatic carbocycles. The summed E-state index contributed by atoms with van der Waals surface area (Å²) in [6.45, 7) is 2.32.